The van der Waals surface area contributed by atoms with Crippen molar-refractivity contribution < 1.29 is 5.11 Å². The van der Waals surface area contributed by atoms with Crippen LogP contribution < -0.4 is 10.6 Å². The number of hydrogen-bond acceptors (Lipinski definition) is 3. The fourth-order valence-corrected chi connectivity index (χ4v) is 3.84. The molecule has 0 radical (unpaired) electrons. The van der Waals surface area contributed by atoms with Crippen molar-refractivity contribution in [3.63, 3.8) is 0 Å². The monoisotopic (exact) mass is 469 g/mol. The molecule has 4 nitrogen and oxygen atoms in total. The Labute approximate surface area is 164 Å². The van der Waals surface area contributed by atoms with Gasteiger partial charge >= 0.3 is 0 Å². The van der Waals surface area contributed by atoms with Gasteiger partial charge in [-0.3, -0.25) is 4.99 Å². The Hall–Kier alpha value is -0.180. The van der Waals surface area contributed by atoms with Crippen molar-refractivity contribution in [1.82, 2.24) is 10.6 Å². The molecule has 1 aromatic carbocycles. The van der Waals surface area contributed by atoms with E-state index in [1.165, 1.54) is 18.6 Å². The van der Waals surface area contributed by atoms with Crippen molar-refractivity contribution >= 4 is 53.3 Å². The molecule has 1 aromatic rings. The average molecular weight is 470 g/mol. The number of guanidine groups is 1. The van der Waals surface area contributed by atoms with Crippen molar-refractivity contribution in [3.8, 4) is 0 Å². The lowest BCUT2D eigenvalue weighted by atomic mass is 10.1. The third-order valence-corrected chi connectivity index (χ3v) is 5.29. The van der Waals surface area contributed by atoms with Gasteiger partial charge in [0.05, 0.1) is 6.54 Å². The number of nitrogens with zero attached hydrogens (tertiary/aromatic N) is 1. The van der Waals surface area contributed by atoms with Crippen LogP contribution in [0, 0.1) is 0 Å². The molecule has 1 aliphatic heterocycles. The number of halogens is 2. The van der Waals surface area contributed by atoms with Gasteiger partial charge < -0.3 is 15.7 Å². The van der Waals surface area contributed by atoms with E-state index in [1.54, 1.807) is 6.07 Å². The van der Waals surface area contributed by atoms with Crippen LogP contribution in [0.2, 0.25) is 5.02 Å². The molecule has 2 rings (SSSR count). The van der Waals surface area contributed by atoms with Crippen molar-refractivity contribution in [2.24, 2.45) is 4.99 Å². The SMILES string of the molecule is CCNC(=NCC(O)c1ccccc1Cl)NCC1CCCS1.I. The predicted molar refractivity (Wildman–Crippen MR) is 111 cm³/mol. The molecule has 0 bridgehead atoms. The molecule has 0 spiro atoms. The minimum absolute atomic E-state index is 0. The summed E-state index contributed by atoms with van der Waals surface area (Å²) < 4.78 is 0. The Morgan fingerprint density at radius 2 is 2.22 bits per heavy atom. The second-order valence-corrected chi connectivity index (χ2v) is 7.09. The molecule has 2 atom stereocenters. The standard InChI is InChI=1S/C16H24ClN3OS.HI/c1-2-18-16(19-10-12-6-5-9-22-12)20-11-15(21)13-7-3-4-8-14(13)17;/h3-4,7-8,12,15,21H,2,5-6,9-11H2,1H3,(H2,18,19,20);1H. The number of hydrogen-bond donors (Lipinski definition) is 3. The first-order valence-electron chi connectivity index (χ1n) is 7.77. The van der Waals surface area contributed by atoms with E-state index in [4.69, 9.17) is 11.6 Å². The van der Waals surface area contributed by atoms with Crippen molar-refractivity contribution in [2.45, 2.75) is 31.1 Å². The Balaban J connectivity index is 0.00000264. The van der Waals surface area contributed by atoms with E-state index in [0.717, 1.165) is 24.6 Å². The highest BCUT2D eigenvalue weighted by atomic mass is 127. The first-order chi connectivity index (χ1) is 10.7. The maximum absolute atomic E-state index is 10.2. The second-order valence-electron chi connectivity index (χ2n) is 5.27. The Bertz CT molecular complexity index is 498. The summed E-state index contributed by atoms with van der Waals surface area (Å²) in [6, 6.07) is 7.34. The smallest absolute Gasteiger partial charge is 0.191 e. The first kappa shape index (κ1) is 20.9. The van der Waals surface area contributed by atoms with E-state index in [9.17, 15) is 5.11 Å². The molecular weight excluding hydrogens is 445 g/mol. The maximum atomic E-state index is 10.2. The molecule has 0 saturated carbocycles. The van der Waals surface area contributed by atoms with E-state index in [2.05, 4.69) is 15.6 Å². The normalized spacial score (nSPS) is 19.1. The molecule has 0 aliphatic carbocycles. The van der Waals surface area contributed by atoms with Gasteiger partial charge in [0, 0.05) is 28.9 Å². The summed E-state index contributed by atoms with van der Waals surface area (Å²) in [5.41, 5.74) is 0.718. The number of aliphatic imine (C=N–C) groups is 1. The van der Waals surface area contributed by atoms with Crippen LogP contribution in [0.15, 0.2) is 29.3 Å². The summed E-state index contributed by atoms with van der Waals surface area (Å²) in [5.74, 6) is 2.01. The van der Waals surface area contributed by atoms with Gasteiger partial charge in [0.1, 0.15) is 6.10 Å². The zero-order chi connectivity index (χ0) is 15.8. The van der Waals surface area contributed by atoms with E-state index in [-0.39, 0.29) is 30.5 Å². The molecule has 3 N–H and O–H groups in total. The average Bonchev–Trinajstić information content (AvgIpc) is 3.03. The van der Waals surface area contributed by atoms with Crippen LogP contribution in [0.3, 0.4) is 0 Å². The Morgan fingerprint density at radius 1 is 1.43 bits per heavy atom. The Kier molecular flexibility index (Phi) is 10.3. The fraction of sp³-hybridized carbons (Fsp3) is 0.562. The lowest BCUT2D eigenvalue weighted by Gasteiger charge is -2.16. The van der Waals surface area contributed by atoms with Crippen molar-refractivity contribution in [1.29, 1.82) is 0 Å². The highest BCUT2D eigenvalue weighted by Crippen LogP contribution is 2.25. The summed E-state index contributed by atoms with van der Waals surface area (Å²) in [6.07, 6.45) is 1.87. The summed E-state index contributed by atoms with van der Waals surface area (Å²) in [6.45, 7) is 4.04. The van der Waals surface area contributed by atoms with E-state index in [0.29, 0.717) is 10.3 Å². The highest BCUT2D eigenvalue weighted by Gasteiger charge is 2.16. The largest absolute Gasteiger partial charge is 0.386 e. The number of rotatable bonds is 6. The Morgan fingerprint density at radius 3 is 2.87 bits per heavy atom. The van der Waals surface area contributed by atoms with Crippen LogP contribution in [0.5, 0.6) is 0 Å². The van der Waals surface area contributed by atoms with Crippen LogP contribution in [0.1, 0.15) is 31.4 Å². The molecular formula is C16H25ClIN3OS. The summed E-state index contributed by atoms with van der Waals surface area (Å²) >= 11 is 8.11. The maximum Gasteiger partial charge on any atom is 0.191 e. The van der Waals surface area contributed by atoms with Crippen LogP contribution >= 0.6 is 47.3 Å². The fourth-order valence-electron chi connectivity index (χ4n) is 2.38. The van der Waals surface area contributed by atoms with Crippen molar-refractivity contribution in [3.05, 3.63) is 34.9 Å². The molecule has 23 heavy (non-hydrogen) atoms. The minimum atomic E-state index is -0.690. The molecule has 1 saturated heterocycles. The van der Waals surface area contributed by atoms with Gasteiger partial charge in [-0.1, -0.05) is 29.8 Å². The number of thioether (sulfide) groups is 1. The molecule has 1 heterocycles. The summed E-state index contributed by atoms with van der Waals surface area (Å²) in [5, 5.41) is 18.1. The van der Waals surface area contributed by atoms with E-state index >= 15 is 0 Å². The molecule has 0 aromatic heterocycles. The van der Waals surface area contributed by atoms with Gasteiger partial charge in [0.25, 0.3) is 0 Å². The minimum Gasteiger partial charge on any atom is -0.386 e. The van der Waals surface area contributed by atoms with Gasteiger partial charge in [0.15, 0.2) is 5.96 Å². The molecule has 0 amide bonds. The van der Waals surface area contributed by atoms with Gasteiger partial charge in [-0.15, -0.1) is 24.0 Å². The zero-order valence-corrected chi connectivity index (χ0v) is 17.2. The third kappa shape index (κ3) is 7.07. The summed E-state index contributed by atoms with van der Waals surface area (Å²) in [7, 11) is 0. The molecule has 2 unspecified atom stereocenters. The van der Waals surface area contributed by atoms with Gasteiger partial charge in [-0.2, -0.15) is 11.8 Å². The van der Waals surface area contributed by atoms with Gasteiger partial charge in [0.2, 0.25) is 0 Å². The van der Waals surface area contributed by atoms with Crippen LogP contribution in [-0.4, -0.2) is 41.7 Å². The number of aliphatic hydroxyl groups is 1. The van der Waals surface area contributed by atoms with Crippen LogP contribution in [0.25, 0.3) is 0 Å². The van der Waals surface area contributed by atoms with Crippen LogP contribution in [-0.2, 0) is 0 Å². The lowest BCUT2D eigenvalue weighted by molar-refractivity contribution is 0.187. The lowest BCUT2D eigenvalue weighted by Crippen LogP contribution is -2.40. The summed E-state index contributed by atoms with van der Waals surface area (Å²) in [4.78, 5) is 4.47. The number of aliphatic hydroxyl groups excluding tert-OH is 1. The predicted octanol–water partition coefficient (Wildman–Crippen LogP) is 3.44. The third-order valence-electron chi connectivity index (χ3n) is 3.55. The highest BCUT2D eigenvalue weighted by molar-refractivity contribution is 14.0. The van der Waals surface area contributed by atoms with Gasteiger partial charge in [-0.25, -0.2) is 0 Å². The molecule has 7 heteroatoms. The first-order valence-corrected chi connectivity index (χ1v) is 9.19. The van der Waals surface area contributed by atoms with E-state index in [1.807, 2.05) is 36.9 Å². The van der Waals surface area contributed by atoms with Crippen molar-refractivity contribution in [2.75, 3.05) is 25.4 Å². The molecule has 130 valence electrons. The zero-order valence-electron chi connectivity index (χ0n) is 13.3. The molecule has 1 aliphatic rings. The quantitative estimate of drug-likeness (QED) is 0.339. The van der Waals surface area contributed by atoms with Gasteiger partial charge in [-0.05, 0) is 31.6 Å². The topological polar surface area (TPSA) is 56.7 Å². The second kappa shape index (κ2) is 11.4. The van der Waals surface area contributed by atoms with Crippen LogP contribution in [0.4, 0.5) is 0 Å². The van der Waals surface area contributed by atoms with E-state index < -0.39 is 6.10 Å². The number of nitrogens with one attached hydrogen (secondary N) is 2. The number of benzene rings is 1. The molecule has 1 fully saturated rings.